The van der Waals surface area contributed by atoms with Crippen LogP contribution in [0.4, 0.5) is 0 Å². The lowest BCUT2D eigenvalue weighted by Gasteiger charge is -2.14. The van der Waals surface area contributed by atoms with Crippen molar-refractivity contribution < 1.29 is 9.59 Å². The molecule has 0 aliphatic carbocycles. The molecule has 0 fully saturated rings. The number of hydrogen-bond donors (Lipinski definition) is 1. The number of benzene rings is 2. The molecule has 1 heterocycles. The van der Waals surface area contributed by atoms with E-state index in [1.807, 2.05) is 49.7 Å². The van der Waals surface area contributed by atoms with Crippen molar-refractivity contribution in [3.05, 3.63) is 59.9 Å². The van der Waals surface area contributed by atoms with Gasteiger partial charge in [0, 0.05) is 23.1 Å². The standard InChI is InChI=1S/C21H23N3O2/c1-4-8-20(25)21(26)23-14(2)18-13-22-24(15(18)3)19-12-7-10-16-9-5-6-11-17(16)19/h5-7,9-14H,4,8H2,1-3H3,(H,23,26)/t14-/m0/s1. The Morgan fingerprint density at radius 1 is 1.15 bits per heavy atom. The largest absolute Gasteiger partial charge is 0.343 e. The highest BCUT2D eigenvalue weighted by Gasteiger charge is 2.20. The molecule has 3 rings (SSSR count). The van der Waals surface area contributed by atoms with Gasteiger partial charge >= 0.3 is 0 Å². The Hall–Kier alpha value is -2.95. The molecule has 0 unspecified atom stereocenters. The molecule has 0 radical (unpaired) electrons. The number of aromatic nitrogens is 2. The Bertz CT molecular complexity index is 954. The molecular formula is C21H23N3O2. The second-order valence-electron chi connectivity index (χ2n) is 6.46. The molecule has 5 nitrogen and oxygen atoms in total. The number of ketones is 1. The first kappa shape index (κ1) is 17.9. The number of amides is 1. The van der Waals surface area contributed by atoms with Crippen molar-refractivity contribution in [1.82, 2.24) is 15.1 Å². The molecule has 0 saturated heterocycles. The van der Waals surface area contributed by atoms with Crippen LogP contribution in [0.3, 0.4) is 0 Å². The van der Waals surface area contributed by atoms with Crippen LogP contribution in [-0.2, 0) is 9.59 Å². The minimum Gasteiger partial charge on any atom is -0.343 e. The maximum atomic E-state index is 12.0. The molecule has 0 bridgehead atoms. The van der Waals surface area contributed by atoms with Crippen LogP contribution >= 0.6 is 0 Å². The van der Waals surface area contributed by atoms with Crippen LogP contribution in [0.25, 0.3) is 16.5 Å². The molecule has 0 spiro atoms. The van der Waals surface area contributed by atoms with Crippen molar-refractivity contribution in [1.29, 1.82) is 0 Å². The molecule has 5 heteroatoms. The Morgan fingerprint density at radius 2 is 1.88 bits per heavy atom. The number of nitrogens with one attached hydrogen (secondary N) is 1. The Kier molecular flexibility index (Phi) is 5.16. The molecular weight excluding hydrogens is 326 g/mol. The highest BCUT2D eigenvalue weighted by molar-refractivity contribution is 6.36. The molecule has 1 amide bonds. The zero-order valence-corrected chi connectivity index (χ0v) is 15.3. The van der Waals surface area contributed by atoms with E-state index in [2.05, 4.69) is 28.6 Å². The molecule has 26 heavy (non-hydrogen) atoms. The number of carbonyl (C=O) groups is 2. The fourth-order valence-electron chi connectivity index (χ4n) is 3.18. The van der Waals surface area contributed by atoms with Gasteiger partial charge in [0.05, 0.1) is 17.9 Å². The minimum atomic E-state index is -0.531. The first-order valence-corrected chi connectivity index (χ1v) is 8.89. The van der Waals surface area contributed by atoms with Crippen LogP contribution in [0.5, 0.6) is 0 Å². The zero-order chi connectivity index (χ0) is 18.7. The lowest BCUT2D eigenvalue weighted by atomic mass is 10.1. The van der Waals surface area contributed by atoms with Gasteiger partial charge in [0.25, 0.3) is 5.91 Å². The van der Waals surface area contributed by atoms with Crippen molar-refractivity contribution in [3.8, 4) is 5.69 Å². The van der Waals surface area contributed by atoms with E-state index < -0.39 is 5.91 Å². The van der Waals surface area contributed by atoms with E-state index in [1.165, 1.54) is 0 Å². The smallest absolute Gasteiger partial charge is 0.287 e. The van der Waals surface area contributed by atoms with Gasteiger partial charge < -0.3 is 5.32 Å². The summed E-state index contributed by atoms with van der Waals surface area (Å²) in [7, 11) is 0. The molecule has 0 saturated carbocycles. The first-order valence-electron chi connectivity index (χ1n) is 8.89. The third-order valence-corrected chi connectivity index (χ3v) is 4.59. The predicted molar refractivity (Wildman–Crippen MR) is 102 cm³/mol. The third-order valence-electron chi connectivity index (χ3n) is 4.59. The lowest BCUT2D eigenvalue weighted by Crippen LogP contribution is -2.33. The van der Waals surface area contributed by atoms with E-state index in [0.29, 0.717) is 6.42 Å². The van der Waals surface area contributed by atoms with Gasteiger partial charge in [-0.3, -0.25) is 9.59 Å². The summed E-state index contributed by atoms with van der Waals surface area (Å²) >= 11 is 0. The van der Waals surface area contributed by atoms with Crippen LogP contribution < -0.4 is 5.32 Å². The molecule has 1 N–H and O–H groups in total. The summed E-state index contributed by atoms with van der Waals surface area (Å²) in [6.07, 6.45) is 2.69. The number of nitrogens with zero attached hydrogens (tertiary/aromatic N) is 2. The van der Waals surface area contributed by atoms with Gasteiger partial charge in [-0.05, 0) is 31.7 Å². The summed E-state index contributed by atoms with van der Waals surface area (Å²) in [4.78, 5) is 23.7. The van der Waals surface area contributed by atoms with Crippen LogP contribution in [-0.4, -0.2) is 21.5 Å². The third kappa shape index (κ3) is 3.38. The number of fused-ring (bicyclic) bond motifs is 1. The van der Waals surface area contributed by atoms with Gasteiger partial charge in [0.1, 0.15) is 0 Å². The van der Waals surface area contributed by atoms with Crippen molar-refractivity contribution in [2.75, 3.05) is 0 Å². The molecule has 2 aromatic carbocycles. The summed E-state index contributed by atoms with van der Waals surface area (Å²) in [5, 5.41) is 9.57. The maximum Gasteiger partial charge on any atom is 0.287 e. The fraction of sp³-hybridized carbons (Fsp3) is 0.286. The van der Waals surface area contributed by atoms with Gasteiger partial charge in [-0.15, -0.1) is 0 Å². The van der Waals surface area contributed by atoms with Crippen LogP contribution in [0.1, 0.15) is 44.0 Å². The maximum absolute atomic E-state index is 12.0. The number of Topliss-reactive ketones (excluding diaryl/α,β-unsaturated/α-hetero) is 1. The van der Waals surface area contributed by atoms with E-state index in [-0.39, 0.29) is 18.2 Å². The Labute approximate surface area is 153 Å². The van der Waals surface area contributed by atoms with Crippen LogP contribution in [0.15, 0.2) is 48.7 Å². The van der Waals surface area contributed by atoms with E-state index in [0.717, 1.165) is 27.7 Å². The molecule has 134 valence electrons. The summed E-state index contributed by atoms with van der Waals surface area (Å²) in [6, 6.07) is 14.0. The predicted octanol–water partition coefficient (Wildman–Crippen LogP) is 3.88. The van der Waals surface area contributed by atoms with Gasteiger partial charge in [-0.25, -0.2) is 4.68 Å². The molecule has 3 aromatic rings. The Morgan fingerprint density at radius 3 is 2.65 bits per heavy atom. The van der Waals surface area contributed by atoms with E-state index >= 15 is 0 Å². The monoisotopic (exact) mass is 349 g/mol. The average Bonchev–Trinajstić information content (AvgIpc) is 3.02. The first-order chi connectivity index (χ1) is 12.5. The van der Waals surface area contributed by atoms with Crippen LogP contribution in [0.2, 0.25) is 0 Å². The van der Waals surface area contributed by atoms with Gasteiger partial charge in [-0.1, -0.05) is 43.3 Å². The second-order valence-corrected chi connectivity index (χ2v) is 6.46. The van der Waals surface area contributed by atoms with Gasteiger partial charge in [0.2, 0.25) is 5.78 Å². The number of rotatable bonds is 6. The normalized spacial score (nSPS) is 12.1. The summed E-state index contributed by atoms with van der Waals surface area (Å²) in [5.74, 6) is -0.907. The van der Waals surface area contributed by atoms with Crippen molar-refractivity contribution in [2.24, 2.45) is 0 Å². The molecule has 0 aliphatic rings. The Balaban J connectivity index is 1.90. The van der Waals surface area contributed by atoms with E-state index in [9.17, 15) is 9.59 Å². The van der Waals surface area contributed by atoms with Gasteiger partial charge in [0.15, 0.2) is 0 Å². The number of hydrogen-bond acceptors (Lipinski definition) is 3. The zero-order valence-electron chi connectivity index (χ0n) is 15.3. The summed E-state index contributed by atoms with van der Waals surface area (Å²) < 4.78 is 1.88. The van der Waals surface area contributed by atoms with E-state index in [1.54, 1.807) is 6.20 Å². The molecule has 0 aliphatic heterocycles. The average molecular weight is 349 g/mol. The minimum absolute atomic E-state index is 0.271. The highest BCUT2D eigenvalue weighted by Crippen LogP contribution is 2.25. The SMILES string of the molecule is CCCC(=O)C(=O)N[C@@H](C)c1cnn(-c2cccc3ccccc23)c1C. The summed E-state index contributed by atoms with van der Waals surface area (Å²) in [5.41, 5.74) is 2.83. The topological polar surface area (TPSA) is 64.0 Å². The van der Waals surface area contributed by atoms with Crippen LogP contribution in [0, 0.1) is 6.92 Å². The highest BCUT2D eigenvalue weighted by atomic mass is 16.2. The number of carbonyl (C=O) groups excluding carboxylic acids is 2. The second kappa shape index (κ2) is 7.52. The summed E-state index contributed by atoms with van der Waals surface area (Å²) in [6.45, 7) is 5.72. The van der Waals surface area contributed by atoms with E-state index in [4.69, 9.17) is 0 Å². The fourth-order valence-corrected chi connectivity index (χ4v) is 3.18. The van der Waals surface area contributed by atoms with Crippen molar-refractivity contribution in [2.45, 2.75) is 39.7 Å². The van der Waals surface area contributed by atoms with Crippen molar-refractivity contribution in [3.63, 3.8) is 0 Å². The quantitative estimate of drug-likeness (QED) is 0.687. The molecule has 1 atom stereocenters. The van der Waals surface area contributed by atoms with Crippen molar-refractivity contribution >= 4 is 22.5 Å². The lowest BCUT2D eigenvalue weighted by molar-refractivity contribution is -0.138. The molecule has 1 aromatic heterocycles. The van der Waals surface area contributed by atoms with Gasteiger partial charge in [-0.2, -0.15) is 5.10 Å².